The summed E-state index contributed by atoms with van der Waals surface area (Å²) in [6.45, 7) is 2.77. The van der Waals surface area contributed by atoms with Crippen LogP contribution < -0.4 is 10.1 Å². The second kappa shape index (κ2) is 7.68. The molecule has 108 valence electrons. The van der Waals surface area contributed by atoms with Crippen LogP contribution in [0.5, 0.6) is 5.75 Å². The third kappa shape index (κ3) is 4.22. The number of hydrogen-bond acceptors (Lipinski definition) is 3. The first kappa shape index (κ1) is 15.4. The number of ether oxygens (including phenoxy) is 1. The number of halogens is 1. The molecule has 0 unspecified atom stereocenters. The van der Waals surface area contributed by atoms with Crippen molar-refractivity contribution in [3.8, 4) is 11.8 Å². The number of rotatable bonds is 6. The number of nitrogens with zero attached hydrogens (tertiary/aromatic N) is 1. The maximum absolute atomic E-state index is 8.61. The Morgan fingerprint density at radius 1 is 1.19 bits per heavy atom. The fourth-order valence-corrected chi connectivity index (χ4v) is 2.40. The Bertz CT molecular complexity index is 637. The van der Waals surface area contributed by atoms with E-state index in [1.54, 1.807) is 0 Å². The summed E-state index contributed by atoms with van der Waals surface area (Å²) in [6.07, 6.45) is 0. The Kier molecular flexibility index (Phi) is 5.62. The molecule has 0 aromatic heterocycles. The van der Waals surface area contributed by atoms with E-state index >= 15 is 0 Å². The Balaban J connectivity index is 2.03. The van der Waals surface area contributed by atoms with E-state index in [1.165, 1.54) is 0 Å². The monoisotopic (exact) mass is 300 g/mol. The highest BCUT2D eigenvalue weighted by Crippen LogP contribution is 2.24. The lowest BCUT2D eigenvalue weighted by molar-refractivity contribution is 0.361. The molecule has 0 bridgehead atoms. The van der Waals surface area contributed by atoms with Crippen LogP contribution in [0.3, 0.4) is 0 Å². The molecule has 0 spiro atoms. The highest BCUT2D eigenvalue weighted by atomic mass is 35.5. The standard InChI is InChI=1S/C17H17ClN2O/c1-13(15-7-3-4-8-16(15)18)20-12-14-6-2-5-9-17(14)21-11-10-19/h2-9,13,20H,11-12H2,1H3/t13-/m1/s1. The molecule has 0 heterocycles. The lowest BCUT2D eigenvalue weighted by atomic mass is 10.1. The fourth-order valence-electron chi connectivity index (χ4n) is 2.10. The number of benzene rings is 2. The van der Waals surface area contributed by atoms with Crippen LogP contribution in [-0.2, 0) is 6.54 Å². The zero-order chi connectivity index (χ0) is 15.1. The fraction of sp³-hybridized carbons (Fsp3) is 0.235. The average Bonchev–Trinajstić information content (AvgIpc) is 2.52. The van der Waals surface area contributed by atoms with E-state index in [0.29, 0.717) is 6.54 Å². The topological polar surface area (TPSA) is 45.0 Å². The van der Waals surface area contributed by atoms with Crippen LogP contribution in [0.1, 0.15) is 24.1 Å². The molecule has 2 rings (SSSR count). The summed E-state index contributed by atoms with van der Waals surface area (Å²) in [5.74, 6) is 0.734. The van der Waals surface area contributed by atoms with Gasteiger partial charge in [-0.3, -0.25) is 0 Å². The quantitative estimate of drug-likeness (QED) is 0.874. The van der Waals surface area contributed by atoms with Gasteiger partial charge in [-0.1, -0.05) is 48.0 Å². The van der Waals surface area contributed by atoms with E-state index < -0.39 is 0 Å². The van der Waals surface area contributed by atoms with E-state index in [1.807, 2.05) is 54.6 Å². The van der Waals surface area contributed by atoms with Crippen LogP contribution >= 0.6 is 11.6 Å². The predicted molar refractivity (Wildman–Crippen MR) is 84.3 cm³/mol. The predicted octanol–water partition coefficient (Wildman–Crippen LogP) is 4.09. The summed E-state index contributed by atoms with van der Waals surface area (Å²) in [7, 11) is 0. The van der Waals surface area contributed by atoms with Crippen molar-refractivity contribution in [1.82, 2.24) is 5.32 Å². The molecule has 0 saturated heterocycles. The van der Waals surface area contributed by atoms with E-state index in [0.717, 1.165) is 21.9 Å². The van der Waals surface area contributed by atoms with Gasteiger partial charge in [0.15, 0.2) is 6.61 Å². The molecular formula is C17H17ClN2O. The summed E-state index contributed by atoms with van der Waals surface area (Å²) in [6, 6.07) is 17.6. The number of para-hydroxylation sites is 1. The van der Waals surface area contributed by atoms with Crippen molar-refractivity contribution in [2.75, 3.05) is 6.61 Å². The molecule has 0 amide bonds. The summed E-state index contributed by atoms with van der Waals surface area (Å²) in [4.78, 5) is 0. The molecule has 0 fully saturated rings. The normalized spacial score (nSPS) is 11.7. The van der Waals surface area contributed by atoms with Crippen LogP contribution in [0.15, 0.2) is 48.5 Å². The van der Waals surface area contributed by atoms with Crippen molar-refractivity contribution in [3.05, 3.63) is 64.7 Å². The van der Waals surface area contributed by atoms with Crippen molar-refractivity contribution in [1.29, 1.82) is 5.26 Å². The summed E-state index contributed by atoms with van der Waals surface area (Å²) in [5, 5.41) is 12.8. The van der Waals surface area contributed by atoms with Crippen molar-refractivity contribution >= 4 is 11.6 Å². The maximum atomic E-state index is 8.61. The highest BCUT2D eigenvalue weighted by molar-refractivity contribution is 6.31. The lowest BCUT2D eigenvalue weighted by Gasteiger charge is -2.17. The van der Waals surface area contributed by atoms with Gasteiger partial charge in [0.1, 0.15) is 11.8 Å². The smallest absolute Gasteiger partial charge is 0.174 e. The first-order valence-electron chi connectivity index (χ1n) is 6.78. The van der Waals surface area contributed by atoms with Gasteiger partial charge < -0.3 is 10.1 Å². The van der Waals surface area contributed by atoms with Crippen LogP contribution in [0, 0.1) is 11.3 Å². The van der Waals surface area contributed by atoms with Gasteiger partial charge in [-0.15, -0.1) is 0 Å². The van der Waals surface area contributed by atoms with Crippen molar-refractivity contribution in [2.24, 2.45) is 0 Å². The van der Waals surface area contributed by atoms with Crippen LogP contribution in [0.2, 0.25) is 5.02 Å². The zero-order valence-electron chi connectivity index (χ0n) is 11.8. The lowest BCUT2D eigenvalue weighted by Crippen LogP contribution is -2.19. The molecule has 2 aromatic rings. The maximum Gasteiger partial charge on any atom is 0.174 e. The first-order valence-corrected chi connectivity index (χ1v) is 7.15. The molecule has 2 aromatic carbocycles. The molecule has 0 aliphatic heterocycles. The molecule has 0 aliphatic carbocycles. The van der Waals surface area contributed by atoms with Gasteiger partial charge in [-0.25, -0.2) is 0 Å². The van der Waals surface area contributed by atoms with E-state index in [9.17, 15) is 0 Å². The molecule has 0 saturated carbocycles. The zero-order valence-corrected chi connectivity index (χ0v) is 12.6. The first-order chi connectivity index (χ1) is 10.2. The summed E-state index contributed by atoms with van der Waals surface area (Å²) in [5.41, 5.74) is 2.08. The van der Waals surface area contributed by atoms with E-state index in [4.69, 9.17) is 21.6 Å². The van der Waals surface area contributed by atoms with E-state index in [-0.39, 0.29) is 12.6 Å². The minimum atomic E-state index is 0.0527. The molecule has 4 heteroatoms. The van der Waals surface area contributed by atoms with Gasteiger partial charge in [0.05, 0.1) is 0 Å². The minimum absolute atomic E-state index is 0.0527. The molecule has 1 atom stereocenters. The number of nitriles is 1. The van der Waals surface area contributed by atoms with Crippen LogP contribution in [0.4, 0.5) is 0 Å². The summed E-state index contributed by atoms with van der Waals surface area (Å²) >= 11 is 6.20. The van der Waals surface area contributed by atoms with Crippen LogP contribution in [-0.4, -0.2) is 6.61 Å². The van der Waals surface area contributed by atoms with Crippen LogP contribution in [0.25, 0.3) is 0 Å². The molecule has 21 heavy (non-hydrogen) atoms. The van der Waals surface area contributed by atoms with Gasteiger partial charge in [0.25, 0.3) is 0 Å². The Morgan fingerprint density at radius 3 is 2.67 bits per heavy atom. The number of nitrogens with one attached hydrogen (secondary N) is 1. The summed E-state index contributed by atoms with van der Waals surface area (Å²) < 4.78 is 5.42. The Morgan fingerprint density at radius 2 is 1.90 bits per heavy atom. The third-order valence-electron chi connectivity index (χ3n) is 3.24. The largest absolute Gasteiger partial charge is 0.478 e. The van der Waals surface area contributed by atoms with Gasteiger partial charge in [0, 0.05) is 23.2 Å². The third-order valence-corrected chi connectivity index (χ3v) is 3.58. The highest BCUT2D eigenvalue weighted by Gasteiger charge is 2.10. The molecule has 0 radical (unpaired) electrons. The van der Waals surface area contributed by atoms with Gasteiger partial charge in [0.2, 0.25) is 0 Å². The van der Waals surface area contributed by atoms with Gasteiger partial charge >= 0.3 is 0 Å². The second-order valence-electron chi connectivity index (χ2n) is 4.68. The minimum Gasteiger partial charge on any atom is -0.478 e. The molecule has 1 N–H and O–H groups in total. The second-order valence-corrected chi connectivity index (χ2v) is 5.09. The molecular weight excluding hydrogens is 284 g/mol. The van der Waals surface area contributed by atoms with Crippen molar-refractivity contribution < 1.29 is 4.74 Å². The van der Waals surface area contributed by atoms with Gasteiger partial charge in [-0.05, 0) is 24.6 Å². The van der Waals surface area contributed by atoms with Crippen molar-refractivity contribution in [2.45, 2.75) is 19.5 Å². The molecule has 3 nitrogen and oxygen atoms in total. The van der Waals surface area contributed by atoms with E-state index in [2.05, 4.69) is 12.2 Å². The molecule has 0 aliphatic rings. The SMILES string of the molecule is C[C@@H](NCc1ccccc1OCC#N)c1ccccc1Cl. The number of hydrogen-bond donors (Lipinski definition) is 1. The average molecular weight is 301 g/mol. The Labute approximate surface area is 130 Å². The van der Waals surface area contributed by atoms with Crippen molar-refractivity contribution in [3.63, 3.8) is 0 Å². The Hall–Kier alpha value is -2.02. The van der Waals surface area contributed by atoms with Gasteiger partial charge in [-0.2, -0.15) is 5.26 Å².